The Bertz CT molecular complexity index is 1380. The van der Waals surface area contributed by atoms with E-state index in [-0.39, 0.29) is 6.42 Å². The molecule has 1 aromatic carbocycles. The molecule has 3 heterocycles. The molecule has 34 heavy (non-hydrogen) atoms. The number of aliphatic carboxylic acids is 1. The van der Waals surface area contributed by atoms with Crippen LogP contribution in [-0.4, -0.2) is 26.2 Å². The fraction of sp³-hybridized carbons (Fsp3) is 0.333. The lowest BCUT2D eigenvalue weighted by molar-refractivity contribution is -0.136. The molecule has 0 saturated heterocycles. The lowest BCUT2D eigenvalue weighted by Gasteiger charge is -2.25. The van der Waals surface area contributed by atoms with Gasteiger partial charge in [0.05, 0.1) is 19.2 Å². The van der Waals surface area contributed by atoms with Gasteiger partial charge in [-0.1, -0.05) is 11.6 Å². The molecule has 178 valence electrons. The number of ether oxygens (including phenoxy) is 1. The lowest BCUT2D eigenvalue weighted by atomic mass is 9.92. The Balaban J connectivity index is 2.09. The van der Waals surface area contributed by atoms with Crippen molar-refractivity contribution >= 4 is 28.6 Å². The summed E-state index contributed by atoms with van der Waals surface area (Å²) in [7, 11) is 0. The van der Waals surface area contributed by atoms with Gasteiger partial charge in [0.15, 0.2) is 0 Å². The highest BCUT2D eigenvalue weighted by molar-refractivity contribution is 6.30. The molecule has 4 rings (SSSR count). The fourth-order valence-electron chi connectivity index (χ4n) is 4.35. The zero-order valence-corrected chi connectivity index (χ0v) is 21.1. The van der Waals surface area contributed by atoms with Gasteiger partial charge < -0.3 is 18.8 Å². The van der Waals surface area contributed by atoms with E-state index in [2.05, 4.69) is 4.57 Å². The summed E-state index contributed by atoms with van der Waals surface area (Å²) in [5.41, 5.74) is 5.34. The first-order valence-corrected chi connectivity index (χ1v) is 11.6. The molecule has 0 bridgehead atoms. The van der Waals surface area contributed by atoms with Crippen molar-refractivity contribution in [2.75, 3.05) is 0 Å². The number of nitrogens with zero attached hydrogens (tertiary/aromatic N) is 2. The van der Waals surface area contributed by atoms with Crippen LogP contribution in [0.2, 0.25) is 5.02 Å². The molecule has 4 aromatic rings. The van der Waals surface area contributed by atoms with Crippen molar-refractivity contribution in [2.24, 2.45) is 0 Å². The lowest BCUT2D eigenvalue weighted by Crippen LogP contribution is -2.23. The molecular weight excluding hydrogens is 452 g/mol. The highest BCUT2D eigenvalue weighted by Gasteiger charge is 2.26. The summed E-state index contributed by atoms with van der Waals surface area (Å²) < 4.78 is 14.0. The van der Waals surface area contributed by atoms with Gasteiger partial charge in [-0.2, -0.15) is 0 Å². The van der Waals surface area contributed by atoms with Crippen LogP contribution in [-0.2, 0) is 17.8 Å². The number of aryl methyl sites for hydroxylation is 2. The molecule has 1 N–H and O–H groups in total. The molecule has 0 atom stereocenters. The normalized spacial score (nSPS) is 11.9. The predicted molar refractivity (Wildman–Crippen MR) is 134 cm³/mol. The number of halogens is 1. The van der Waals surface area contributed by atoms with Crippen LogP contribution >= 0.6 is 11.6 Å². The first-order valence-electron chi connectivity index (χ1n) is 11.2. The van der Waals surface area contributed by atoms with Crippen LogP contribution in [0.15, 0.2) is 41.0 Å². The number of furan rings is 1. The number of benzene rings is 1. The molecule has 3 aromatic heterocycles. The summed E-state index contributed by atoms with van der Waals surface area (Å²) in [5.74, 6) is 0.510. The fourth-order valence-corrected chi connectivity index (χ4v) is 4.51. The Morgan fingerprint density at radius 2 is 1.94 bits per heavy atom. The first-order chi connectivity index (χ1) is 16.0. The third kappa shape index (κ3) is 4.55. The number of hydrogen-bond donors (Lipinski definition) is 1. The Labute approximate surface area is 204 Å². The topological polar surface area (TPSA) is 77.5 Å². The molecule has 0 aliphatic rings. The van der Waals surface area contributed by atoms with Crippen LogP contribution in [0.25, 0.3) is 22.2 Å². The van der Waals surface area contributed by atoms with E-state index >= 15 is 0 Å². The van der Waals surface area contributed by atoms with Crippen molar-refractivity contribution in [3.05, 3.63) is 69.9 Å². The van der Waals surface area contributed by atoms with Gasteiger partial charge in [-0.15, -0.1) is 0 Å². The second-order valence-electron chi connectivity index (χ2n) is 9.55. The molecule has 6 nitrogen and oxygen atoms in total. The van der Waals surface area contributed by atoms with Gasteiger partial charge in [0.2, 0.25) is 0 Å². The first kappa shape index (κ1) is 23.9. The van der Waals surface area contributed by atoms with Gasteiger partial charge in [-0.25, -0.2) is 4.98 Å². The van der Waals surface area contributed by atoms with E-state index < -0.39 is 11.6 Å². The number of aromatic nitrogens is 2. The molecular formula is C27H29ClN2O4. The van der Waals surface area contributed by atoms with E-state index in [4.69, 9.17) is 25.7 Å². The van der Waals surface area contributed by atoms with Crippen molar-refractivity contribution in [3.63, 3.8) is 0 Å². The Kier molecular flexibility index (Phi) is 6.21. The minimum Gasteiger partial charge on any atom is -0.487 e. The zero-order chi connectivity index (χ0) is 24.8. The van der Waals surface area contributed by atoms with Gasteiger partial charge >= 0.3 is 5.97 Å². The maximum atomic E-state index is 11.9. The zero-order valence-electron chi connectivity index (χ0n) is 20.3. The number of hydrogen-bond acceptors (Lipinski definition) is 4. The maximum absolute atomic E-state index is 11.9. The van der Waals surface area contributed by atoms with Crippen LogP contribution in [0, 0.1) is 20.8 Å². The quantitative estimate of drug-likeness (QED) is 0.331. The average Bonchev–Trinajstić information content (AvgIpc) is 3.31. The third-order valence-electron chi connectivity index (χ3n) is 5.92. The molecule has 0 amide bonds. The monoisotopic (exact) mass is 480 g/mol. The summed E-state index contributed by atoms with van der Waals surface area (Å²) >= 11 is 6.35. The van der Waals surface area contributed by atoms with Crippen molar-refractivity contribution in [2.45, 2.75) is 60.1 Å². The van der Waals surface area contributed by atoms with Crippen LogP contribution in [0.4, 0.5) is 0 Å². The molecule has 0 spiro atoms. The predicted octanol–water partition coefficient (Wildman–Crippen LogP) is 6.73. The largest absolute Gasteiger partial charge is 0.487 e. The van der Waals surface area contributed by atoms with E-state index in [1.54, 1.807) is 18.4 Å². The number of carbonyl (C=O) groups is 1. The summed E-state index contributed by atoms with van der Waals surface area (Å²) in [6, 6.07) is 9.29. The minimum atomic E-state index is -0.915. The number of carboxylic acids is 1. The SMILES string of the molecule is Cc1nc2c(c(C)c(C)n2Cc2ccco2)c(-c2ccc(Cl)cc2OC(C)(C)C)c1CC(=O)O. The van der Waals surface area contributed by atoms with Gasteiger partial charge in [-0.3, -0.25) is 4.79 Å². The van der Waals surface area contributed by atoms with Gasteiger partial charge in [0.25, 0.3) is 0 Å². The van der Waals surface area contributed by atoms with Crippen molar-refractivity contribution in [1.29, 1.82) is 0 Å². The third-order valence-corrected chi connectivity index (χ3v) is 6.15. The van der Waals surface area contributed by atoms with Crippen LogP contribution in [0.5, 0.6) is 5.75 Å². The van der Waals surface area contributed by atoms with Crippen LogP contribution < -0.4 is 4.74 Å². The molecule has 0 aliphatic heterocycles. The molecule has 0 radical (unpaired) electrons. The standard InChI is InChI=1S/C27H29ClN2O4/c1-15-17(3)30(14-19-8-7-11-33-19)26-24(15)25(21(13-23(31)32)16(2)29-26)20-10-9-18(28)12-22(20)34-27(4,5)6/h7-12H,13-14H2,1-6H3,(H,31,32). The Morgan fingerprint density at radius 3 is 2.56 bits per heavy atom. The van der Waals surface area contributed by atoms with Crippen molar-refractivity contribution in [1.82, 2.24) is 9.55 Å². The van der Waals surface area contributed by atoms with E-state index in [9.17, 15) is 9.90 Å². The number of carboxylic acid groups (broad SMARTS) is 1. The van der Waals surface area contributed by atoms with Gasteiger partial charge in [0.1, 0.15) is 22.8 Å². The summed E-state index contributed by atoms with van der Waals surface area (Å²) in [6.07, 6.45) is 1.51. The minimum absolute atomic E-state index is 0.149. The summed E-state index contributed by atoms with van der Waals surface area (Å²) in [5, 5.41) is 11.2. The summed E-state index contributed by atoms with van der Waals surface area (Å²) in [6.45, 7) is 12.4. The molecule has 7 heteroatoms. The van der Waals surface area contributed by atoms with Gasteiger partial charge in [0, 0.05) is 32.9 Å². The number of rotatable bonds is 6. The maximum Gasteiger partial charge on any atom is 0.307 e. The van der Waals surface area contributed by atoms with Gasteiger partial charge in [-0.05, 0) is 83.0 Å². The van der Waals surface area contributed by atoms with E-state index in [1.165, 1.54) is 0 Å². The van der Waals surface area contributed by atoms with Crippen LogP contribution in [0.1, 0.15) is 49.0 Å². The van der Waals surface area contributed by atoms with Crippen LogP contribution in [0.3, 0.4) is 0 Å². The molecule has 0 aliphatic carbocycles. The molecule has 0 fully saturated rings. The second-order valence-corrected chi connectivity index (χ2v) is 9.99. The number of pyridine rings is 1. The molecule has 0 saturated carbocycles. The average molecular weight is 481 g/mol. The Morgan fingerprint density at radius 1 is 1.21 bits per heavy atom. The van der Waals surface area contributed by atoms with E-state index in [1.807, 2.05) is 59.7 Å². The van der Waals surface area contributed by atoms with E-state index in [0.29, 0.717) is 28.6 Å². The highest BCUT2D eigenvalue weighted by atomic mass is 35.5. The van der Waals surface area contributed by atoms with Crippen molar-refractivity contribution < 1.29 is 19.1 Å². The highest BCUT2D eigenvalue weighted by Crippen LogP contribution is 2.43. The summed E-state index contributed by atoms with van der Waals surface area (Å²) in [4.78, 5) is 16.8. The molecule has 0 unspecified atom stereocenters. The van der Waals surface area contributed by atoms with Crippen molar-refractivity contribution in [3.8, 4) is 16.9 Å². The Hall–Kier alpha value is -3.25. The number of fused-ring (bicyclic) bond motifs is 1. The second kappa shape index (κ2) is 8.84. The smallest absolute Gasteiger partial charge is 0.307 e. The van der Waals surface area contributed by atoms with E-state index in [0.717, 1.165) is 39.2 Å².